The summed E-state index contributed by atoms with van der Waals surface area (Å²) in [4.78, 5) is 67.0. The van der Waals surface area contributed by atoms with Gasteiger partial charge in [-0.25, -0.2) is 14.6 Å². The van der Waals surface area contributed by atoms with Crippen LogP contribution in [-0.4, -0.2) is 99.3 Å². The molecule has 0 aliphatic carbocycles. The maximum absolute atomic E-state index is 14.5. The number of nitrogens with one attached hydrogen (secondary N) is 3. The van der Waals surface area contributed by atoms with Crippen LogP contribution in [0.3, 0.4) is 0 Å². The molecule has 0 radical (unpaired) electrons. The Morgan fingerprint density at radius 1 is 0.914 bits per heavy atom. The molecule has 310 valence electrons. The number of thiazole rings is 1. The van der Waals surface area contributed by atoms with Gasteiger partial charge in [0.15, 0.2) is 0 Å². The molecule has 58 heavy (non-hydrogen) atoms. The van der Waals surface area contributed by atoms with Gasteiger partial charge in [-0.3, -0.25) is 14.6 Å². The Hall–Kier alpha value is -5.34. The lowest BCUT2D eigenvalue weighted by molar-refractivity contribution is -0.129. The number of benzene rings is 2. The number of carbonyl (C=O) groups is 4. The van der Waals surface area contributed by atoms with Crippen molar-refractivity contribution in [1.82, 2.24) is 35.7 Å². The summed E-state index contributed by atoms with van der Waals surface area (Å²) in [5.74, 6) is -0.935. The molecule has 1 aliphatic rings. The molecule has 2 aromatic heterocycles. The van der Waals surface area contributed by atoms with E-state index in [-0.39, 0.29) is 24.3 Å². The van der Waals surface area contributed by atoms with Gasteiger partial charge in [-0.2, -0.15) is 0 Å². The van der Waals surface area contributed by atoms with E-state index in [1.807, 2.05) is 113 Å². The molecule has 5 rings (SSSR count). The highest BCUT2D eigenvalue weighted by Crippen LogP contribution is 2.27. The highest BCUT2D eigenvalue weighted by atomic mass is 32.1. The fraction of sp³-hybridized carbons (Fsp3) is 0.455. The molecule has 1 saturated heterocycles. The van der Waals surface area contributed by atoms with Crippen LogP contribution in [0.25, 0.3) is 10.6 Å². The van der Waals surface area contributed by atoms with Gasteiger partial charge in [0.2, 0.25) is 11.8 Å². The van der Waals surface area contributed by atoms with Gasteiger partial charge in [0.05, 0.1) is 31.5 Å². The Labute approximate surface area is 345 Å². The Kier molecular flexibility index (Phi) is 15.4. The van der Waals surface area contributed by atoms with Crippen LogP contribution in [0.5, 0.6) is 0 Å². The summed E-state index contributed by atoms with van der Waals surface area (Å²) < 4.78 is 4.81. The zero-order valence-corrected chi connectivity index (χ0v) is 35.1. The van der Waals surface area contributed by atoms with Gasteiger partial charge in [-0.05, 0) is 53.9 Å². The summed E-state index contributed by atoms with van der Waals surface area (Å²) in [6.07, 6.45) is 3.08. The second-order valence-electron chi connectivity index (χ2n) is 16.1. The van der Waals surface area contributed by atoms with Gasteiger partial charge in [-0.1, -0.05) is 102 Å². The summed E-state index contributed by atoms with van der Waals surface area (Å²) in [5.41, 5.74) is 2.85. The van der Waals surface area contributed by atoms with Crippen LogP contribution < -0.4 is 16.0 Å². The van der Waals surface area contributed by atoms with E-state index in [4.69, 9.17) is 9.72 Å². The minimum atomic E-state index is -1.11. The Morgan fingerprint density at radius 2 is 1.59 bits per heavy atom. The van der Waals surface area contributed by atoms with Gasteiger partial charge in [0, 0.05) is 42.5 Å². The standard InChI is InChI=1S/C44H57N7O6S/c1-7-29(2)37(51-22-21-50(43(51)56)27-34-28-58-41(47-34)32-19-14-20-45-26-32)39(53)46-33(23-30-15-10-8-11-16-30)25-36(52)35(24-31-17-12-9-13-18-31)48-40(54)38(44(3,4)5)49-42(55)57-6/h8-20,26,28-29,33,35-38,52H,7,21-25,27H2,1-6H3,(H,46,53)(H,48,54)(H,49,55). The molecule has 6 atom stereocenters. The number of pyridine rings is 1. The molecule has 1 aliphatic heterocycles. The number of aliphatic hydroxyl groups excluding tert-OH is 1. The minimum absolute atomic E-state index is 0.0966. The number of ether oxygens (including phenoxy) is 1. The van der Waals surface area contributed by atoms with Crippen molar-refractivity contribution in [3.05, 3.63) is 107 Å². The maximum Gasteiger partial charge on any atom is 0.407 e. The third kappa shape index (κ3) is 11.9. The van der Waals surface area contributed by atoms with E-state index in [1.54, 1.807) is 22.2 Å². The summed E-state index contributed by atoms with van der Waals surface area (Å²) >= 11 is 1.50. The van der Waals surface area contributed by atoms with Crippen LogP contribution in [0.15, 0.2) is 90.6 Å². The number of rotatable bonds is 18. The van der Waals surface area contributed by atoms with Crippen LogP contribution in [0.2, 0.25) is 0 Å². The van der Waals surface area contributed by atoms with Crippen LogP contribution in [0.1, 0.15) is 64.3 Å². The van der Waals surface area contributed by atoms with Gasteiger partial charge in [0.25, 0.3) is 0 Å². The number of hydrogen-bond donors (Lipinski definition) is 4. The Bertz CT molecular complexity index is 1940. The first-order valence-electron chi connectivity index (χ1n) is 19.9. The van der Waals surface area contributed by atoms with Crippen molar-refractivity contribution in [3.63, 3.8) is 0 Å². The number of amides is 5. The highest BCUT2D eigenvalue weighted by Gasteiger charge is 2.41. The van der Waals surface area contributed by atoms with E-state index in [0.29, 0.717) is 38.9 Å². The van der Waals surface area contributed by atoms with E-state index in [0.717, 1.165) is 27.4 Å². The van der Waals surface area contributed by atoms with Gasteiger partial charge in [-0.15, -0.1) is 11.3 Å². The number of urea groups is 1. The largest absolute Gasteiger partial charge is 0.453 e. The summed E-state index contributed by atoms with van der Waals surface area (Å²) in [7, 11) is 1.24. The van der Waals surface area contributed by atoms with Crippen molar-refractivity contribution in [1.29, 1.82) is 0 Å². The molecule has 4 aromatic rings. The molecule has 14 heteroatoms. The van der Waals surface area contributed by atoms with E-state index in [2.05, 4.69) is 20.9 Å². The Balaban J connectivity index is 1.35. The van der Waals surface area contributed by atoms with Crippen molar-refractivity contribution in [2.24, 2.45) is 11.3 Å². The number of aromatic nitrogens is 2. The summed E-state index contributed by atoms with van der Waals surface area (Å²) in [6.45, 7) is 10.6. The molecule has 0 bridgehead atoms. The van der Waals surface area contributed by atoms with E-state index in [1.165, 1.54) is 18.4 Å². The molecule has 5 amide bonds. The van der Waals surface area contributed by atoms with Crippen molar-refractivity contribution in [2.45, 2.75) is 97.1 Å². The first-order chi connectivity index (χ1) is 27.8. The predicted octanol–water partition coefficient (Wildman–Crippen LogP) is 5.83. The smallest absolute Gasteiger partial charge is 0.407 e. The number of hydrogen-bond acceptors (Lipinski definition) is 9. The second-order valence-corrected chi connectivity index (χ2v) is 16.9. The molecule has 1 fully saturated rings. The first-order valence-corrected chi connectivity index (χ1v) is 20.8. The van der Waals surface area contributed by atoms with Crippen LogP contribution in [-0.2, 0) is 33.7 Å². The molecule has 13 nitrogen and oxygen atoms in total. The summed E-state index contributed by atoms with van der Waals surface area (Å²) in [5, 5.41) is 23.7. The average Bonchev–Trinajstić information content (AvgIpc) is 3.83. The zero-order chi connectivity index (χ0) is 41.8. The molecule has 0 spiro atoms. The lowest BCUT2D eigenvalue weighted by Crippen LogP contribution is -2.58. The van der Waals surface area contributed by atoms with Crippen molar-refractivity contribution in [3.8, 4) is 10.6 Å². The molecule has 6 unspecified atom stereocenters. The molecule has 0 saturated carbocycles. The number of carbonyl (C=O) groups excluding carboxylic acids is 4. The highest BCUT2D eigenvalue weighted by molar-refractivity contribution is 7.13. The van der Waals surface area contributed by atoms with E-state index < -0.39 is 47.7 Å². The monoisotopic (exact) mass is 811 g/mol. The van der Waals surface area contributed by atoms with Crippen molar-refractivity contribution in [2.75, 3.05) is 20.2 Å². The van der Waals surface area contributed by atoms with Crippen LogP contribution >= 0.6 is 11.3 Å². The maximum atomic E-state index is 14.5. The lowest BCUT2D eigenvalue weighted by atomic mass is 9.85. The number of aliphatic hydroxyl groups is 1. The number of alkyl carbamates (subject to hydrolysis) is 1. The van der Waals surface area contributed by atoms with Crippen molar-refractivity contribution < 1.29 is 29.0 Å². The molecular formula is C44H57N7O6S. The SMILES string of the molecule is CCC(C)C(C(=O)NC(Cc1ccccc1)CC(O)C(Cc1ccccc1)NC(=O)C(NC(=O)OC)C(C)(C)C)N1CCN(Cc2csc(-c3cccnc3)n2)C1=O. The predicted molar refractivity (Wildman–Crippen MR) is 225 cm³/mol. The van der Waals surface area contributed by atoms with Gasteiger partial charge < -0.3 is 35.6 Å². The van der Waals surface area contributed by atoms with Gasteiger partial charge >= 0.3 is 12.1 Å². The van der Waals surface area contributed by atoms with E-state index in [9.17, 15) is 24.3 Å². The number of methoxy groups -OCH3 is 1. The van der Waals surface area contributed by atoms with Gasteiger partial charge in [0.1, 0.15) is 17.1 Å². The fourth-order valence-electron chi connectivity index (χ4n) is 7.24. The quantitative estimate of drug-likeness (QED) is 0.0975. The Morgan fingerprint density at radius 3 is 2.19 bits per heavy atom. The summed E-state index contributed by atoms with van der Waals surface area (Å²) in [6, 6.07) is 19.7. The van der Waals surface area contributed by atoms with Crippen LogP contribution in [0.4, 0.5) is 9.59 Å². The van der Waals surface area contributed by atoms with E-state index >= 15 is 0 Å². The minimum Gasteiger partial charge on any atom is -0.453 e. The number of nitrogens with zero attached hydrogens (tertiary/aromatic N) is 4. The topological polar surface area (TPSA) is 166 Å². The fourth-order valence-corrected chi connectivity index (χ4v) is 8.04. The second kappa shape index (κ2) is 20.4. The molecule has 3 heterocycles. The zero-order valence-electron chi connectivity index (χ0n) is 34.3. The molecular weight excluding hydrogens is 755 g/mol. The van der Waals surface area contributed by atoms with Crippen LogP contribution in [0, 0.1) is 11.3 Å². The third-order valence-electron chi connectivity index (χ3n) is 10.6. The lowest BCUT2D eigenvalue weighted by Gasteiger charge is -2.35. The van der Waals surface area contributed by atoms with Crippen molar-refractivity contribution >= 4 is 35.3 Å². The first kappa shape index (κ1) is 43.8. The molecule has 4 N–H and O–H groups in total. The molecule has 2 aromatic carbocycles. The normalized spacial score (nSPS) is 16.2. The average molecular weight is 812 g/mol. The third-order valence-corrected chi connectivity index (χ3v) is 11.5.